The van der Waals surface area contributed by atoms with Crippen molar-refractivity contribution >= 4 is 11.7 Å². The largest absolute Gasteiger partial charge is 0.356 e. The summed E-state index contributed by atoms with van der Waals surface area (Å²) in [6.45, 7) is 2.45. The van der Waals surface area contributed by atoms with Gasteiger partial charge in [-0.25, -0.2) is 0 Å². The first-order valence-electron chi connectivity index (χ1n) is 6.04. The highest BCUT2D eigenvalue weighted by Crippen LogP contribution is 2.47. The molecule has 1 aromatic carbocycles. The quantitative estimate of drug-likeness (QED) is 0.784. The summed E-state index contributed by atoms with van der Waals surface area (Å²) in [4.78, 5) is 24.0. The van der Waals surface area contributed by atoms with Crippen molar-refractivity contribution in [2.45, 2.75) is 26.2 Å². The van der Waals surface area contributed by atoms with Crippen molar-refractivity contribution in [3.8, 4) is 0 Å². The summed E-state index contributed by atoms with van der Waals surface area (Å²) in [5.41, 5.74) is 0.263. The van der Waals surface area contributed by atoms with E-state index in [0.717, 1.165) is 5.56 Å². The monoisotopic (exact) mass is 231 g/mol. The first kappa shape index (κ1) is 11.8. The van der Waals surface area contributed by atoms with Crippen molar-refractivity contribution in [2.75, 3.05) is 6.54 Å². The van der Waals surface area contributed by atoms with E-state index in [-0.39, 0.29) is 11.7 Å². The number of hydrogen-bond donors (Lipinski definition) is 1. The van der Waals surface area contributed by atoms with Gasteiger partial charge in [0.05, 0.1) is 0 Å². The first-order valence-corrected chi connectivity index (χ1v) is 6.04. The van der Waals surface area contributed by atoms with Gasteiger partial charge in [0.2, 0.25) is 5.91 Å². The molecule has 1 aliphatic rings. The fourth-order valence-corrected chi connectivity index (χ4v) is 2.04. The zero-order chi connectivity index (χ0) is 12.3. The number of amides is 1. The Morgan fingerprint density at radius 3 is 2.41 bits per heavy atom. The Balaban J connectivity index is 2.03. The summed E-state index contributed by atoms with van der Waals surface area (Å²) >= 11 is 0. The van der Waals surface area contributed by atoms with E-state index in [0.29, 0.717) is 25.8 Å². The predicted octanol–water partition coefficient (Wildman–Crippen LogP) is 1.71. The van der Waals surface area contributed by atoms with Crippen molar-refractivity contribution in [1.29, 1.82) is 0 Å². The third-order valence-electron chi connectivity index (χ3n) is 3.26. The van der Waals surface area contributed by atoms with Crippen LogP contribution in [0.4, 0.5) is 0 Å². The van der Waals surface area contributed by atoms with Gasteiger partial charge in [0.25, 0.3) is 0 Å². The van der Waals surface area contributed by atoms with E-state index in [1.807, 2.05) is 37.3 Å². The minimum absolute atomic E-state index is 0.0506. The second-order valence-corrected chi connectivity index (χ2v) is 4.53. The van der Waals surface area contributed by atoms with Gasteiger partial charge in [-0.2, -0.15) is 0 Å². The molecule has 0 heterocycles. The first-order chi connectivity index (χ1) is 8.19. The number of carbonyl (C=O) groups is 2. The Morgan fingerprint density at radius 1 is 1.24 bits per heavy atom. The molecule has 90 valence electrons. The third kappa shape index (κ3) is 2.38. The van der Waals surface area contributed by atoms with Crippen LogP contribution in [0.2, 0.25) is 0 Å². The van der Waals surface area contributed by atoms with Crippen LogP contribution in [0.15, 0.2) is 30.3 Å². The average Bonchev–Trinajstić information content (AvgIpc) is 3.12. The van der Waals surface area contributed by atoms with Gasteiger partial charge in [-0.05, 0) is 25.3 Å². The number of carbonyl (C=O) groups excluding carboxylic acids is 2. The Hall–Kier alpha value is -1.64. The van der Waals surface area contributed by atoms with Crippen LogP contribution in [0.25, 0.3) is 0 Å². The highest BCUT2D eigenvalue weighted by Gasteiger charge is 2.55. The van der Waals surface area contributed by atoms with Crippen molar-refractivity contribution in [3.63, 3.8) is 0 Å². The molecule has 0 aliphatic heterocycles. The lowest BCUT2D eigenvalue weighted by molar-refractivity contribution is -0.135. The second kappa shape index (κ2) is 4.70. The SMILES string of the molecule is CCNC(=O)C1(C(=O)Cc2ccccc2)CC1. The van der Waals surface area contributed by atoms with E-state index in [9.17, 15) is 9.59 Å². The normalized spacial score (nSPS) is 16.3. The van der Waals surface area contributed by atoms with Gasteiger partial charge in [0, 0.05) is 13.0 Å². The van der Waals surface area contributed by atoms with Crippen molar-refractivity contribution in [3.05, 3.63) is 35.9 Å². The summed E-state index contributed by atoms with van der Waals surface area (Å²) in [5, 5.41) is 2.76. The Morgan fingerprint density at radius 2 is 1.88 bits per heavy atom. The van der Waals surface area contributed by atoms with Crippen LogP contribution in [-0.4, -0.2) is 18.2 Å². The van der Waals surface area contributed by atoms with Crippen LogP contribution in [0, 0.1) is 5.41 Å². The molecule has 17 heavy (non-hydrogen) atoms. The third-order valence-corrected chi connectivity index (χ3v) is 3.26. The molecule has 3 heteroatoms. The molecule has 1 saturated carbocycles. The number of hydrogen-bond acceptors (Lipinski definition) is 2. The number of rotatable bonds is 5. The fourth-order valence-electron chi connectivity index (χ4n) is 2.04. The number of nitrogens with one attached hydrogen (secondary N) is 1. The number of Topliss-reactive ketones (excluding diaryl/α,β-unsaturated/α-hetero) is 1. The highest BCUT2D eigenvalue weighted by molar-refractivity contribution is 6.09. The molecule has 0 saturated heterocycles. The molecule has 3 nitrogen and oxygen atoms in total. The molecule has 0 unspecified atom stereocenters. The summed E-state index contributed by atoms with van der Waals surface area (Å²) in [6.07, 6.45) is 1.76. The van der Waals surface area contributed by atoms with Gasteiger partial charge in [-0.1, -0.05) is 30.3 Å². The molecule has 1 aromatic rings. The Labute approximate surface area is 101 Å². The minimum atomic E-state index is -0.716. The highest BCUT2D eigenvalue weighted by atomic mass is 16.2. The van der Waals surface area contributed by atoms with E-state index in [1.165, 1.54) is 0 Å². The molecule has 1 aliphatic carbocycles. The lowest BCUT2D eigenvalue weighted by Crippen LogP contribution is -2.37. The molecule has 2 rings (SSSR count). The van der Waals surface area contributed by atoms with Crippen LogP contribution in [0.3, 0.4) is 0 Å². The lowest BCUT2D eigenvalue weighted by atomic mass is 9.94. The average molecular weight is 231 g/mol. The molecule has 1 fully saturated rings. The molecule has 1 amide bonds. The van der Waals surface area contributed by atoms with Crippen molar-refractivity contribution in [2.24, 2.45) is 5.41 Å². The van der Waals surface area contributed by atoms with Gasteiger partial charge < -0.3 is 5.32 Å². The van der Waals surface area contributed by atoms with E-state index in [1.54, 1.807) is 0 Å². The maximum atomic E-state index is 12.2. The minimum Gasteiger partial charge on any atom is -0.356 e. The van der Waals surface area contributed by atoms with Crippen molar-refractivity contribution < 1.29 is 9.59 Å². The predicted molar refractivity (Wildman–Crippen MR) is 65.5 cm³/mol. The van der Waals surface area contributed by atoms with Crippen LogP contribution < -0.4 is 5.32 Å². The van der Waals surface area contributed by atoms with Crippen LogP contribution in [0.1, 0.15) is 25.3 Å². The smallest absolute Gasteiger partial charge is 0.233 e. The molecule has 0 spiro atoms. The van der Waals surface area contributed by atoms with Crippen LogP contribution >= 0.6 is 0 Å². The van der Waals surface area contributed by atoms with E-state index >= 15 is 0 Å². The molecule has 1 N–H and O–H groups in total. The second-order valence-electron chi connectivity index (χ2n) is 4.53. The van der Waals surface area contributed by atoms with Crippen LogP contribution in [-0.2, 0) is 16.0 Å². The summed E-state index contributed by atoms with van der Waals surface area (Å²) in [6, 6.07) is 9.59. The summed E-state index contributed by atoms with van der Waals surface area (Å²) in [5.74, 6) is -0.0458. The number of ketones is 1. The van der Waals surface area contributed by atoms with Gasteiger partial charge >= 0.3 is 0 Å². The van der Waals surface area contributed by atoms with Crippen molar-refractivity contribution in [1.82, 2.24) is 5.32 Å². The summed E-state index contributed by atoms with van der Waals surface area (Å²) < 4.78 is 0. The van der Waals surface area contributed by atoms with Gasteiger partial charge in [-0.15, -0.1) is 0 Å². The lowest BCUT2D eigenvalue weighted by Gasteiger charge is -2.13. The maximum absolute atomic E-state index is 12.2. The zero-order valence-corrected chi connectivity index (χ0v) is 10.0. The number of benzene rings is 1. The van der Waals surface area contributed by atoms with E-state index < -0.39 is 5.41 Å². The molecular formula is C14H17NO2. The fraction of sp³-hybridized carbons (Fsp3) is 0.429. The molecule has 0 bridgehead atoms. The van der Waals surface area contributed by atoms with E-state index in [2.05, 4.69) is 5.32 Å². The maximum Gasteiger partial charge on any atom is 0.233 e. The standard InChI is InChI=1S/C14H17NO2/c1-2-15-13(17)14(8-9-14)12(16)10-11-6-4-3-5-7-11/h3-7H,2,8-10H2,1H3,(H,15,17). The molecule has 0 radical (unpaired) electrons. The van der Waals surface area contributed by atoms with Gasteiger partial charge in [0.15, 0.2) is 5.78 Å². The Bertz CT molecular complexity index is 421. The van der Waals surface area contributed by atoms with Gasteiger partial charge in [0.1, 0.15) is 5.41 Å². The van der Waals surface area contributed by atoms with Gasteiger partial charge in [-0.3, -0.25) is 9.59 Å². The molecule has 0 atom stereocenters. The van der Waals surface area contributed by atoms with Crippen LogP contribution in [0.5, 0.6) is 0 Å². The summed E-state index contributed by atoms with van der Waals surface area (Å²) in [7, 11) is 0. The zero-order valence-electron chi connectivity index (χ0n) is 10.0. The topological polar surface area (TPSA) is 46.2 Å². The molecule has 0 aromatic heterocycles. The molecular weight excluding hydrogens is 214 g/mol. The Kier molecular flexibility index (Phi) is 3.27. The van der Waals surface area contributed by atoms with E-state index in [4.69, 9.17) is 0 Å².